The molecule has 1 amide bonds. The number of rotatable bonds is 2. The van der Waals surface area contributed by atoms with E-state index >= 15 is 0 Å². The van der Waals surface area contributed by atoms with Crippen molar-refractivity contribution in [2.45, 2.75) is 20.8 Å². The van der Waals surface area contributed by atoms with E-state index in [4.69, 9.17) is 0 Å². The number of nitrogens with one attached hydrogen (secondary N) is 1. The largest absolute Gasteiger partial charge is 0.425 e. The molecule has 0 aliphatic carbocycles. The van der Waals surface area contributed by atoms with Crippen molar-refractivity contribution in [3.8, 4) is 0 Å². The molecule has 1 heterocycles. The molecule has 6 heteroatoms. The third-order valence-corrected chi connectivity index (χ3v) is 2.44. The fourth-order valence-corrected chi connectivity index (χ4v) is 1.40. The van der Waals surface area contributed by atoms with Crippen molar-refractivity contribution in [1.82, 2.24) is 10.0 Å². The quantitative estimate of drug-likeness (QED) is 0.598. The third-order valence-electron chi connectivity index (χ3n) is 2.44. The van der Waals surface area contributed by atoms with Gasteiger partial charge >= 0.3 is 0 Å². The lowest BCUT2D eigenvalue weighted by Crippen LogP contribution is -2.35. The molecule has 98 valence electrons. The molecule has 0 aliphatic rings. The second-order valence-electron chi connectivity index (χ2n) is 4.91. The van der Waals surface area contributed by atoms with Crippen LogP contribution in [-0.4, -0.2) is 28.7 Å². The molecule has 1 rings (SSSR count). The van der Waals surface area contributed by atoms with Gasteiger partial charge in [-0.15, -0.1) is 4.73 Å². The highest BCUT2D eigenvalue weighted by atomic mass is 16.5. The van der Waals surface area contributed by atoms with Crippen LogP contribution in [0.3, 0.4) is 0 Å². The second-order valence-corrected chi connectivity index (χ2v) is 4.91. The predicted octanol–water partition coefficient (Wildman–Crippen LogP) is 0.674. The molecular weight excluding hydrogens is 236 g/mol. The van der Waals surface area contributed by atoms with Crippen LogP contribution in [0.1, 0.15) is 41.6 Å². The van der Waals surface area contributed by atoms with Crippen molar-refractivity contribution in [2.24, 2.45) is 5.41 Å². The average molecular weight is 252 g/mol. The molecule has 0 radical (unpaired) electrons. The van der Waals surface area contributed by atoms with Gasteiger partial charge in [0, 0.05) is 12.5 Å². The summed E-state index contributed by atoms with van der Waals surface area (Å²) in [6.45, 7) is 5.01. The molecule has 0 bridgehead atoms. The Labute approximate surface area is 104 Å². The summed E-state index contributed by atoms with van der Waals surface area (Å²) in [5.74, 6) is -0.997. The number of hydrogen-bond donors (Lipinski definition) is 2. The van der Waals surface area contributed by atoms with E-state index in [-0.39, 0.29) is 16.0 Å². The molecule has 0 aliphatic heterocycles. The normalized spacial score (nSPS) is 11.1. The summed E-state index contributed by atoms with van der Waals surface area (Å²) in [6.07, 6.45) is 0. The molecule has 0 fully saturated rings. The highest BCUT2D eigenvalue weighted by molar-refractivity contribution is 6.00. The Morgan fingerprint density at radius 1 is 1.28 bits per heavy atom. The summed E-state index contributed by atoms with van der Waals surface area (Å²) < 4.78 is 0.192. The number of nitrogens with zero attached hydrogens (tertiary/aromatic N) is 1. The van der Waals surface area contributed by atoms with Gasteiger partial charge in [0.2, 0.25) is 0 Å². The minimum absolute atomic E-state index is 0.141. The van der Waals surface area contributed by atoms with Crippen molar-refractivity contribution in [3.63, 3.8) is 0 Å². The van der Waals surface area contributed by atoms with Gasteiger partial charge in [-0.25, -0.2) is 0 Å². The fourth-order valence-electron chi connectivity index (χ4n) is 1.40. The topological polar surface area (TPSA) is 88.4 Å². The number of Topliss-reactive ketones (excluding diaryl/α,β-unsaturated/α-hetero) is 1. The molecule has 0 saturated heterocycles. The number of pyridine rings is 1. The summed E-state index contributed by atoms with van der Waals surface area (Å²) in [6, 6.07) is 2.49. The Morgan fingerprint density at radius 2 is 1.83 bits per heavy atom. The van der Waals surface area contributed by atoms with Crippen LogP contribution < -0.4 is 10.9 Å². The fraction of sp³-hybridized carbons (Fsp3) is 0.417. The molecular formula is C12H16N2O4. The zero-order valence-corrected chi connectivity index (χ0v) is 10.8. The van der Waals surface area contributed by atoms with Crippen molar-refractivity contribution >= 4 is 11.7 Å². The number of amides is 1. The van der Waals surface area contributed by atoms with E-state index in [9.17, 15) is 19.6 Å². The molecule has 1 aromatic heterocycles. The number of ketones is 1. The van der Waals surface area contributed by atoms with Gasteiger partial charge in [-0.3, -0.25) is 14.4 Å². The lowest BCUT2D eigenvalue weighted by Gasteiger charge is -2.16. The van der Waals surface area contributed by atoms with Gasteiger partial charge in [-0.2, -0.15) is 0 Å². The molecule has 0 unspecified atom stereocenters. The van der Waals surface area contributed by atoms with Crippen LogP contribution >= 0.6 is 0 Å². The van der Waals surface area contributed by atoms with Gasteiger partial charge in [-0.1, -0.05) is 20.8 Å². The summed E-state index contributed by atoms with van der Waals surface area (Å²) in [7, 11) is 1.38. The van der Waals surface area contributed by atoms with E-state index < -0.39 is 22.7 Å². The van der Waals surface area contributed by atoms with Crippen LogP contribution in [0.15, 0.2) is 16.9 Å². The maximum atomic E-state index is 12.0. The van der Waals surface area contributed by atoms with E-state index in [1.54, 1.807) is 20.8 Å². The lowest BCUT2D eigenvalue weighted by molar-refractivity contribution is 0.0835. The Kier molecular flexibility index (Phi) is 3.59. The Bertz CT molecular complexity index is 552. The zero-order valence-electron chi connectivity index (χ0n) is 10.8. The minimum Gasteiger partial charge on any atom is -0.425 e. The Balaban J connectivity index is 3.38. The standard InChI is InChI=1S/C12H16N2O4/c1-12(2,3)9(15)7-5-6-8(10(16)13-4)14(18)11(7)17/h5-6,18H,1-4H3,(H,13,16). The summed E-state index contributed by atoms with van der Waals surface area (Å²) in [5.41, 5.74) is -1.98. The summed E-state index contributed by atoms with van der Waals surface area (Å²) in [5, 5.41) is 11.9. The monoisotopic (exact) mass is 252 g/mol. The maximum Gasteiger partial charge on any atom is 0.294 e. The van der Waals surface area contributed by atoms with Gasteiger partial charge in [0.1, 0.15) is 5.69 Å². The molecule has 6 nitrogen and oxygen atoms in total. The first kappa shape index (κ1) is 14.0. The Morgan fingerprint density at radius 3 is 2.28 bits per heavy atom. The minimum atomic E-state index is -0.893. The first-order chi connectivity index (χ1) is 8.20. The molecule has 2 N–H and O–H groups in total. The van der Waals surface area contributed by atoms with Gasteiger partial charge in [0.25, 0.3) is 11.5 Å². The van der Waals surface area contributed by atoms with E-state index in [0.717, 1.165) is 0 Å². The second kappa shape index (κ2) is 4.64. The predicted molar refractivity (Wildman–Crippen MR) is 65.1 cm³/mol. The van der Waals surface area contributed by atoms with Crippen molar-refractivity contribution in [1.29, 1.82) is 0 Å². The van der Waals surface area contributed by atoms with Crippen LogP contribution in [0.25, 0.3) is 0 Å². The van der Waals surface area contributed by atoms with Crippen LogP contribution in [0.2, 0.25) is 0 Å². The van der Waals surface area contributed by atoms with Crippen molar-refractivity contribution in [3.05, 3.63) is 33.7 Å². The number of aromatic nitrogens is 1. The lowest BCUT2D eigenvalue weighted by atomic mass is 9.87. The van der Waals surface area contributed by atoms with Gasteiger partial charge in [0.15, 0.2) is 5.78 Å². The maximum absolute atomic E-state index is 12.0. The van der Waals surface area contributed by atoms with E-state index in [1.165, 1.54) is 19.2 Å². The molecule has 18 heavy (non-hydrogen) atoms. The van der Waals surface area contributed by atoms with E-state index in [1.807, 2.05) is 0 Å². The smallest absolute Gasteiger partial charge is 0.294 e. The average Bonchev–Trinajstić information content (AvgIpc) is 2.29. The van der Waals surface area contributed by atoms with Crippen molar-refractivity contribution < 1.29 is 14.8 Å². The third kappa shape index (κ3) is 2.42. The Hall–Kier alpha value is -2.11. The first-order valence-electron chi connectivity index (χ1n) is 5.42. The van der Waals surface area contributed by atoms with Crippen LogP contribution in [0.5, 0.6) is 0 Å². The number of carbonyl (C=O) groups excluding carboxylic acids is 2. The number of carbonyl (C=O) groups is 2. The molecule has 0 aromatic carbocycles. The van der Waals surface area contributed by atoms with Crippen LogP contribution in [0.4, 0.5) is 0 Å². The molecule has 0 atom stereocenters. The molecule has 0 spiro atoms. The van der Waals surface area contributed by atoms with Crippen molar-refractivity contribution in [2.75, 3.05) is 7.05 Å². The number of hydrogen-bond acceptors (Lipinski definition) is 4. The zero-order chi connectivity index (χ0) is 14.1. The molecule has 0 saturated carbocycles. The molecule has 1 aromatic rings. The van der Waals surface area contributed by atoms with E-state index in [0.29, 0.717) is 0 Å². The SMILES string of the molecule is CNC(=O)c1ccc(C(=O)C(C)(C)C)c(=O)n1O. The van der Waals surface area contributed by atoms with Gasteiger partial charge in [0.05, 0.1) is 5.56 Å². The highest BCUT2D eigenvalue weighted by Gasteiger charge is 2.27. The summed E-state index contributed by atoms with van der Waals surface area (Å²) >= 11 is 0. The van der Waals surface area contributed by atoms with Gasteiger partial charge < -0.3 is 10.5 Å². The summed E-state index contributed by atoms with van der Waals surface area (Å²) in [4.78, 5) is 35.1. The first-order valence-corrected chi connectivity index (χ1v) is 5.42. The van der Waals surface area contributed by atoms with Gasteiger partial charge in [-0.05, 0) is 12.1 Å². The van der Waals surface area contributed by atoms with E-state index in [2.05, 4.69) is 5.32 Å². The van der Waals surface area contributed by atoms with Crippen LogP contribution in [-0.2, 0) is 0 Å². The van der Waals surface area contributed by atoms with Crippen LogP contribution in [0, 0.1) is 5.41 Å². The highest BCUT2D eigenvalue weighted by Crippen LogP contribution is 2.18.